The second-order valence-corrected chi connectivity index (χ2v) is 7.20. The van der Waals surface area contributed by atoms with Gasteiger partial charge in [0.2, 0.25) is 0 Å². The fourth-order valence-corrected chi connectivity index (χ4v) is 4.08. The van der Waals surface area contributed by atoms with Crippen molar-refractivity contribution in [3.8, 4) is 0 Å². The van der Waals surface area contributed by atoms with Crippen LogP contribution in [0.25, 0.3) is 0 Å². The van der Waals surface area contributed by atoms with Gasteiger partial charge < -0.3 is 14.7 Å². The van der Waals surface area contributed by atoms with Gasteiger partial charge in [-0.1, -0.05) is 24.3 Å². The van der Waals surface area contributed by atoms with Gasteiger partial charge in [0.15, 0.2) is 18.2 Å². The quantitative estimate of drug-likeness (QED) is 0.817. The van der Waals surface area contributed by atoms with Crippen molar-refractivity contribution in [2.24, 2.45) is 10.9 Å². The van der Waals surface area contributed by atoms with Gasteiger partial charge in [-0.15, -0.1) is 0 Å². The molecule has 3 heterocycles. The predicted molar refractivity (Wildman–Crippen MR) is 94.8 cm³/mol. The van der Waals surface area contributed by atoms with E-state index in [4.69, 9.17) is 4.99 Å². The number of rotatable bonds is 2. The minimum Gasteiger partial charge on any atom is -0.343 e. The zero-order valence-corrected chi connectivity index (χ0v) is 14.6. The highest BCUT2D eigenvalue weighted by molar-refractivity contribution is 6.03. The Morgan fingerprint density at radius 2 is 2.00 bits per heavy atom. The standard InChI is InChI=1S/C18H25N5O2/c1-21-15-14(16(24)20-18(21)25)23(12-13-8-4-2-5-9-13)17(19-15)22-10-6-3-7-11-22/h2,4-5,8,13-15H,3,6-7,9-12H2,1H3,(H,20,24,25). The first-order valence-corrected chi connectivity index (χ1v) is 9.15. The van der Waals surface area contributed by atoms with E-state index in [9.17, 15) is 9.59 Å². The van der Waals surface area contributed by atoms with Gasteiger partial charge in [0.05, 0.1) is 0 Å². The summed E-state index contributed by atoms with van der Waals surface area (Å²) in [4.78, 5) is 35.4. The Kier molecular flexibility index (Phi) is 4.23. The van der Waals surface area contributed by atoms with Crippen LogP contribution in [0.1, 0.15) is 25.7 Å². The van der Waals surface area contributed by atoms with Crippen molar-refractivity contribution in [3.05, 3.63) is 24.3 Å². The van der Waals surface area contributed by atoms with Crippen LogP contribution < -0.4 is 5.32 Å². The molecule has 3 atom stereocenters. The van der Waals surface area contributed by atoms with Gasteiger partial charge in [0.25, 0.3) is 5.91 Å². The maximum absolute atomic E-state index is 12.6. The van der Waals surface area contributed by atoms with Crippen LogP contribution in [0.2, 0.25) is 0 Å². The number of aliphatic imine (C=N–C) groups is 1. The van der Waals surface area contributed by atoms with Gasteiger partial charge in [-0.3, -0.25) is 10.1 Å². The van der Waals surface area contributed by atoms with E-state index in [1.165, 1.54) is 6.42 Å². The number of urea groups is 1. The third kappa shape index (κ3) is 2.92. The number of likely N-dealkylation sites (tertiary alicyclic amines) is 1. The molecule has 0 spiro atoms. The van der Waals surface area contributed by atoms with E-state index in [0.717, 1.165) is 44.9 Å². The van der Waals surface area contributed by atoms with Crippen molar-refractivity contribution >= 4 is 17.9 Å². The summed E-state index contributed by atoms with van der Waals surface area (Å²) in [6.45, 7) is 2.68. The first kappa shape index (κ1) is 16.2. The van der Waals surface area contributed by atoms with Gasteiger partial charge in [0.1, 0.15) is 0 Å². The van der Waals surface area contributed by atoms with E-state index in [1.807, 2.05) is 0 Å². The summed E-state index contributed by atoms with van der Waals surface area (Å²) in [5.74, 6) is 1.00. The molecule has 7 nitrogen and oxygen atoms in total. The number of hydrogen-bond acceptors (Lipinski definition) is 5. The lowest BCUT2D eigenvalue weighted by Gasteiger charge is -2.39. The molecule has 134 valence electrons. The molecule has 0 aromatic heterocycles. The van der Waals surface area contributed by atoms with Crippen LogP contribution in [0.5, 0.6) is 0 Å². The highest BCUT2D eigenvalue weighted by Gasteiger charge is 2.49. The Hall–Kier alpha value is -2.31. The van der Waals surface area contributed by atoms with Crippen molar-refractivity contribution in [2.75, 3.05) is 26.7 Å². The highest BCUT2D eigenvalue weighted by atomic mass is 16.2. The van der Waals surface area contributed by atoms with Crippen LogP contribution in [-0.4, -0.2) is 71.5 Å². The topological polar surface area (TPSA) is 68.2 Å². The largest absolute Gasteiger partial charge is 0.343 e. The summed E-state index contributed by atoms with van der Waals surface area (Å²) in [6, 6.07) is -0.797. The average molecular weight is 343 g/mol. The summed E-state index contributed by atoms with van der Waals surface area (Å²) < 4.78 is 0. The zero-order valence-electron chi connectivity index (χ0n) is 14.6. The Balaban J connectivity index is 1.63. The molecular formula is C18H25N5O2. The van der Waals surface area contributed by atoms with Gasteiger partial charge in [-0.25, -0.2) is 9.79 Å². The highest BCUT2D eigenvalue weighted by Crippen LogP contribution is 2.28. The number of carbonyl (C=O) groups is 2. The molecular weight excluding hydrogens is 318 g/mol. The lowest BCUT2D eigenvalue weighted by molar-refractivity contribution is -0.127. The van der Waals surface area contributed by atoms with Crippen LogP contribution >= 0.6 is 0 Å². The smallest absolute Gasteiger partial charge is 0.325 e. The molecule has 2 fully saturated rings. The average Bonchev–Trinajstić information content (AvgIpc) is 3.01. The summed E-state index contributed by atoms with van der Waals surface area (Å²) in [5.41, 5.74) is 0. The molecule has 7 heteroatoms. The van der Waals surface area contributed by atoms with Crippen LogP contribution in [0.3, 0.4) is 0 Å². The molecule has 1 aliphatic carbocycles. The number of nitrogens with one attached hydrogen (secondary N) is 1. The van der Waals surface area contributed by atoms with Gasteiger partial charge in [-0.2, -0.15) is 0 Å². The minimum atomic E-state index is -0.432. The van der Waals surface area contributed by atoms with Crippen molar-refractivity contribution < 1.29 is 9.59 Å². The maximum atomic E-state index is 12.6. The Bertz CT molecular complexity index is 650. The number of likely N-dealkylation sites (N-methyl/N-ethyl adjacent to an activating group) is 1. The van der Waals surface area contributed by atoms with Crippen molar-refractivity contribution in [3.63, 3.8) is 0 Å². The van der Waals surface area contributed by atoms with Crippen LogP contribution in [0, 0.1) is 5.92 Å². The number of carbonyl (C=O) groups excluding carboxylic acids is 2. The second-order valence-electron chi connectivity index (χ2n) is 7.20. The number of guanidine groups is 1. The molecule has 0 saturated carbocycles. The molecule has 1 N–H and O–H groups in total. The number of allylic oxidation sites excluding steroid dienone is 3. The number of piperidine rings is 1. The van der Waals surface area contributed by atoms with E-state index in [-0.39, 0.29) is 11.9 Å². The summed E-state index contributed by atoms with van der Waals surface area (Å²) in [5, 5.41) is 2.47. The van der Waals surface area contributed by atoms with E-state index in [0.29, 0.717) is 5.92 Å². The fourth-order valence-electron chi connectivity index (χ4n) is 4.08. The van der Waals surface area contributed by atoms with E-state index in [1.54, 1.807) is 11.9 Å². The molecule has 3 aliphatic heterocycles. The van der Waals surface area contributed by atoms with Crippen LogP contribution in [0.4, 0.5) is 4.79 Å². The summed E-state index contributed by atoms with van der Waals surface area (Å²) >= 11 is 0. The summed E-state index contributed by atoms with van der Waals surface area (Å²) in [7, 11) is 1.71. The van der Waals surface area contributed by atoms with Gasteiger partial charge in [-0.05, 0) is 31.6 Å². The molecule has 0 radical (unpaired) electrons. The third-order valence-electron chi connectivity index (χ3n) is 5.48. The first-order valence-electron chi connectivity index (χ1n) is 9.15. The van der Waals surface area contributed by atoms with Crippen molar-refractivity contribution in [1.82, 2.24) is 20.0 Å². The van der Waals surface area contributed by atoms with E-state index in [2.05, 4.69) is 39.4 Å². The number of nitrogens with zero attached hydrogens (tertiary/aromatic N) is 4. The first-order chi connectivity index (χ1) is 12.1. The Morgan fingerprint density at radius 1 is 1.20 bits per heavy atom. The lowest BCUT2D eigenvalue weighted by atomic mass is 9.99. The molecule has 4 aliphatic rings. The monoisotopic (exact) mass is 343 g/mol. The second kappa shape index (κ2) is 6.54. The fraction of sp³-hybridized carbons (Fsp3) is 0.611. The van der Waals surface area contributed by atoms with E-state index >= 15 is 0 Å². The van der Waals surface area contributed by atoms with Crippen molar-refractivity contribution in [1.29, 1.82) is 0 Å². The molecule has 25 heavy (non-hydrogen) atoms. The number of amides is 3. The van der Waals surface area contributed by atoms with Gasteiger partial charge >= 0.3 is 6.03 Å². The minimum absolute atomic E-state index is 0.237. The van der Waals surface area contributed by atoms with Gasteiger partial charge in [0, 0.05) is 26.7 Å². The zero-order chi connectivity index (χ0) is 17.4. The van der Waals surface area contributed by atoms with E-state index < -0.39 is 12.2 Å². The maximum Gasteiger partial charge on any atom is 0.325 e. The molecule has 0 aromatic carbocycles. The Morgan fingerprint density at radius 3 is 2.72 bits per heavy atom. The number of fused-ring (bicyclic) bond motifs is 1. The third-order valence-corrected chi connectivity index (χ3v) is 5.48. The SMILES string of the molecule is CN1C(=O)NC(=O)C2C1N=C(N1CCCCC1)N2CC1C=CC=CC1. The number of imide groups is 1. The molecule has 3 unspecified atom stereocenters. The molecule has 0 bridgehead atoms. The normalized spacial score (nSPS) is 32.0. The molecule has 0 aromatic rings. The van der Waals surface area contributed by atoms with Crippen LogP contribution in [0.15, 0.2) is 29.3 Å². The van der Waals surface area contributed by atoms with Crippen molar-refractivity contribution in [2.45, 2.75) is 37.9 Å². The molecule has 2 saturated heterocycles. The lowest BCUT2D eigenvalue weighted by Crippen LogP contribution is -2.64. The summed E-state index contributed by atoms with van der Waals surface area (Å²) in [6.07, 6.45) is 12.5. The predicted octanol–water partition coefficient (Wildman–Crippen LogP) is 1.15. The number of hydrogen-bond donors (Lipinski definition) is 1. The Labute approximate surface area is 148 Å². The molecule has 3 amide bonds. The van der Waals surface area contributed by atoms with Crippen LogP contribution in [-0.2, 0) is 4.79 Å². The molecule has 4 rings (SSSR count).